The fourth-order valence-electron chi connectivity index (χ4n) is 1.13. The zero-order chi connectivity index (χ0) is 9.26. The highest BCUT2D eigenvalue weighted by atomic mass is 19.1. The molecule has 2 rings (SSSR count). The normalized spacial score (nSPS) is 17.5. The van der Waals surface area contributed by atoms with E-state index in [1.165, 1.54) is 18.3 Å². The molecule has 1 aromatic carbocycles. The van der Waals surface area contributed by atoms with Crippen LogP contribution < -0.4 is 0 Å². The van der Waals surface area contributed by atoms with Crippen LogP contribution in [0.5, 0.6) is 0 Å². The van der Waals surface area contributed by atoms with Crippen LogP contribution >= 0.6 is 0 Å². The van der Waals surface area contributed by atoms with Crippen molar-refractivity contribution < 1.29 is 9.13 Å². The molecule has 0 aromatic heterocycles. The maximum Gasteiger partial charge on any atom is 0.182 e. The maximum absolute atomic E-state index is 12.5. The molecule has 0 unspecified atom stereocenters. The highest BCUT2D eigenvalue weighted by Gasteiger charge is 2.29. The fraction of sp³-hybridized carbons (Fsp3) is 0.300. The van der Waals surface area contributed by atoms with Gasteiger partial charge in [0, 0.05) is 18.4 Å². The topological polar surface area (TPSA) is 26.1 Å². The summed E-state index contributed by atoms with van der Waals surface area (Å²) in [5.41, 5.74) is 0.753. The molecule has 0 radical (unpaired) electrons. The lowest BCUT2D eigenvalue weighted by Crippen LogP contribution is -2.07. The van der Waals surface area contributed by atoms with Gasteiger partial charge >= 0.3 is 0 Å². The van der Waals surface area contributed by atoms with Crippen molar-refractivity contribution in [2.24, 2.45) is 0 Å². The Hall–Kier alpha value is -1.38. The van der Waals surface area contributed by atoms with Gasteiger partial charge in [-0.1, -0.05) is 0 Å². The van der Waals surface area contributed by atoms with E-state index in [1.54, 1.807) is 12.1 Å². The highest BCUT2D eigenvalue weighted by Crippen LogP contribution is 2.22. The molecule has 68 valence electrons. The Balaban J connectivity index is 2.16. The van der Waals surface area contributed by atoms with Crippen molar-refractivity contribution in [1.29, 1.82) is 0 Å². The van der Waals surface area contributed by atoms with Gasteiger partial charge in [0.25, 0.3) is 0 Å². The molecule has 1 fully saturated rings. The number of halogens is 1. The van der Waals surface area contributed by atoms with E-state index in [0.29, 0.717) is 0 Å². The van der Waals surface area contributed by atoms with Crippen LogP contribution in [-0.2, 0) is 0 Å². The van der Waals surface area contributed by atoms with Crippen LogP contribution in [0, 0.1) is 11.0 Å². The Morgan fingerprint density at radius 1 is 1.31 bits per heavy atom. The molecule has 3 heteroatoms. The zero-order valence-electron chi connectivity index (χ0n) is 7.11. The Labute approximate surface area is 75.9 Å². The third kappa shape index (κ3) is 2.05. The van der Waals surface area contributed by atoms with Crippen LogP contribution in [0.25, 0.3) is 0 Å². The van der Waals surface area contributed by atoms with E-state index in [0.717, 1.165) is 23.1 Å². The van der Waals surface area contributed by atoms with Gasteiger partial charge in [-0.3, -0.25) is 0 Å². The summed E-state index contributed by atoms with van der Waals surface area (Å²) in [6, 6.07) is 6.06. The minimum atomic E-state index is -0.277. The first-order valence-corrected chi connectivity index (χ1v) is 4.31. The summed E-state index contributed by atoms with van der Waals surface area (Å²) in [4.78, 5) is 0. The largest absolute Gasteiger partial charge is 0.624 e. The van der Waals surface area contributed by atoms with Crippen molar-refractivity contribution in [2.45, 2.75) is 18.9 Å². The summed E-state index contributed by atoms with van der Waals surface area (Å²) in [6.07, 6.45) is 3.46. The number of hydrogen-bond acceptors (Lipinski definition) is 1. The summed E-state index contributed by atoms with van der Waals surface area (Å²) >= 11 is 0. The molecular weight excluding hydrogens is 169 g/mol. The standard InChI is InChI=1S/C10H10FNO/c11-9-3-1-8(2-4-9)7-12(13)10-5-6-10/h1-4,7,10H,5-6H2/b12-7-. The highest BCUT2D eigenvalue weighted by molar-refractivity contribution is 5.75. The molecule has 0 spiro atoms. The van der Waals surface area contributed by atoms with Crippen molar-refractivity contribution >= 4 is 6.21 Å². The molecule has 0 bridgehead atoms. The van der Waals surface area contributed by atoms with Crippen LogP contribution in [0.3, 0.4) is 0 Å². The molecule has 1 aliphatic rings. The number of hydrogen-bond donors (Lipinski definition) is 0. The van der Waals surface area contributed by atoms with Crippen LogP contribution in [0.4, 0.5) is 4.39 Å². The number of hydroxylamine groups is 1. The number of benzene rings is 1. The monoisotopic (exact) mass is 179 g/mol. The summed E-state index contributed by atoms with van der Waals surface area (Å²) in [5.74, 6) is -0.277. The first-order valence-electron chi connectivity index (χ1n) is 4.31. The Kier molecular flexibility index (Phi) is 2.00. The summed E-state index contributed by atoms with van der Waals surface area (Å²) in [7, 11) is 0. The molecule has 0 amide bonds. The lowest BCUT2D eigenvalue weighted by Gasteiger charge is -2.00. The molecule has 1 aliphatic carbocycles. The van der Waals surface area contributed by atoms with Crippen LogP contribution in [0.15, 0.2) is 24.3 Å². The molecule has 2 nitrogen and oxygen atoms in total. The summed E-state index contributed by atoms with van der Waals surface area (Å²) in [6.45, 7) is 0. The van der Waals surface area contributed by atoms with Crippen molar-refractivity contribution in [3.05, 3.63) is 40.9 Å². The van der Waals surface area contributed by atoms with E-state index in [9.17, 15) is 9.60 Å². The quantitative estimate of drug-likeness (QED) is 0.295. The third-order valence-corrected chi connectivity index (χ3v) is 2.05. The van der Waals surface area contributed by atoms with Crippen molar-refractivity contribution in [1.82, 2.24) is 0 Å². The molecule has 0 aliphatic heterocycles. The van der Waals surface area contributed by atoms with Gasteiger partial charge in [-0.05, 0) is 24.3 Å². The fourth-order valence-corrected chi connectivity index (χ4v) is 1.13. The van der Waals surface area contributed by atoms with E-state index in [2.05, 4.69) is 0 Å². The van der Waals surface area contributed by atoms with Gasteiger partial charge in [-0.2, -0.15) is 0 Å². The van der Waals surface area contributed by atoms with Gasteiger partial charge in [0.2, 0.25) is 0 Å². The maximum atomic E-state index is 12.5. The summed E-state index contributed by atoms with van der Waals surface area (Å²) < 4.78 is 13.4. The van der Waals surface area contributed by atoms with Crippen LogP contribution in [0.1, 0.15) is 18.4 Å². The van der Waals surface area contributed by atoms with E-state index >= 15 is 0 Å². The van der Waals surface area contributed by atoms with E-state index in [4.69, 9.17) is 0 Å². The van der Waals surface area contributed by atoms with E-state index in [-0.39, 0.29) is 11.9 Å². The van der Waals surface area contributed by atoms with Crippen molar-refractivity contribution in [3.63, 3.8) is 0 Å². The van der Waals surface area contributed by atoms with Crippen LogP contribution in [-0.4, -0.2) is 17.0 Å². The second kappa shape index (κ2) is 3.17. The predicted octanol–water partition coefficient (Wildman–Crippen LogP) is 1.92. The third-order valence-electron chi connectivity index (χ3n) is 2.05. The molecule has 13 heavy (non-hydrogen) atoms. The van der Waals surface area contributed by atoms with Gasteiger partial charge in [0.1, 0.15) is 5.82 Å². The van der Waals surface area contributed by atoms with Gasteiger partial charge in [-0.25, -0.2) is 9.13 Å². The molecule has 0 saturated heterocycles. The average molecular weight is 179 g/mol. The molecule has 1 saturated carbocycles. The number of nitrogens with zero attached hydrogens (tertiary/aromatic N) is 1. The van der Waals surface area contributed by atoms with Crippen molar-refractivity contribution in [2.75, 3.05) is 0 Å². The number of rotatable bonds is 2. The van der Waals surface area contributed by atoms with E-state index in [1.807, 2.05) is 0 Å². The van der Waals surface area contributed by atoms with Crippen LogP contribution in [0.2, 0.25) is 0 Å². The smallest absolute Gasteiger partial charge is 0.182 e. The predicted molar refractivity (Wildman–Crippen MR) is 48.2 cm³/mol. The minimum Gasteiger partial charge on any atom is -0.624 e. The average Bonchev–Trinajstić information content (AvgIpc) is 2.91. The molecule has 0 heterocycles. The second-order valence-electron chi connectivity index (χ2n) is 3.27. The Bertz CT molecular complexity index is 327. The second-order valence-corrected chi connectivity index (χ2v) is 3.27. The molecule has 1 aromatic rings. The molecular formula is C10H10FNO. The first-order chi connectivity index (χ1) is 6.25. The Morgan fingerprint density at radius 3 is 2.46 bits per heavy atom. The summed E-state index contributed by atoms with van der Waals surface area (Å²) in [5, 5.41) is 11.2. The SMILES string of the molecule is [O-]/[N+](=C\c1ccc(F)cc1)C1CC1. The lowest BCUT2D eigenvalue weighted by atomic mass is 10.2. The minimum absolute atomic E-state index is 0.157. The van der Waals surface area contributed by atoms with Gasteiger partial charge in [0.05, 0.1) is 0 Å². The zero-order valence-corrected chi connectivity index (χ0v) is 7.11. The molecule has 0 N–H and O–H groups in total. The van der Waals surface area contributed by atoms with Gasteiger partial charge in [0.15, 0.2) is 12.3 Å². The van der Waals surface area contributed by atoms with Crippen molar-refractivity contribution in [3.8, 4) is 0 Å². The first kappa shape index (κ1) is 8.23. The van der Waals surface area contributed by atoms with Gasteiger partial charge < -0.3 is 5.21 Å². The molecule has 0 atom stereocenters. The lowest BCUT2D eigenvalue weighted by molar-refractivity contribution is -0.467. The van der Waals surface area contributed by atoms with E-state index < -0.39 is 0 Å². The van der Waals surface area contributed by atoms with Gasteiger partial charge in [-0.15, -0.1) is 0 Å². The Morgan fingerprint density at radius 2 is 1.92 bits per heavy atom.